The third kappa shape index (κ3) is 5.43. The van der Waals surface area contributed by atoms with Crippen molar-refractivity contribution in [2.75, 3.05) is 19.4 Å². The summed E-state index contributed by atoms with van der Waals surface area (Å²) in [4.78, 5) is 8.61. The second-order valence-electron chi connectivity index (χ2n) is 8.33. The SMILES string of the molecule is CO[S+](CCCCCN1N=C(C)CC1C)c1nc(-c2ccccc2)c(-c2ccccc2)[nH]1. The van der Waals surface area contributed by atoms with Gasteiger partial charge in [0.05, 0.1) is 12.8 Å². The van der Waals surface area contributed by atoms with Crippen LogP contribution in [0.25, 0.3) is 22.5 Å². The Labute approximate surface area is 194 Å². The number of H-pyrrole nitrogens is 1. The molecule has 168 valence electrons. The summed E-state index contributed by atoms with van der Waals surface area (Å²) < 4.78 is 5.89. The molecule has 0 fully saturated rings. The molecule has 0 saturated carbocycles. The molecule has 2 atom stereocenters. The number of nitrogens with one attached hydrogen (secondary N) is 1. The lowest BCUT2D eigenvalue weighted by Gasteiger charge is -2.19. The minimum atomic E-state index is -0.358. The van der Waals surface area contributed by atoms with Gasteiger partial charge in [0, 0.05) is 35.8 Å². The number of hydrogen-bond donors (Lipinski definition) is 1. The maximum atomic E-state index is 5.89. The standard InChI is InChI=1S/C26H33N4OS/c1-20-19-21(2)30(29-20)17-11-6-12-18-32(31-3)26-27-24(22-13-7-4-8-14-22)25(28-26)23-15-9-5-10-16-23/h4-5,7-10,13-16,21H,6,11-12,17-19H2,1-3H3,(H,27,28)/q+1. The molecule has 4 rings (SSSR count). The molecule has 0 bridgehead atoms. The fourth-order valence-electron chi connectivity index (χ4n) is 4.18. The Balaban J connectivity index is 1.43. The van der Waals surface area contributed by atoms with Crippen LogP contribution in [0.5, 0.6) is 0 Å². The number of hydrazone groups is 1. The summed E-state index contributed by atoms with van der Waals surface area (Å²) in [6.07, 6.45) is 4.54. The quantitative estimate of drug-likeness (QED) is 0.309. The average molecular weight is 450 g/mol. The predicted octanol–water partition coefficient (Wildman–Crippen LogP) is 5.92. The molecule has 6 heteroatoms. The van der Waals surface area contributed by atoms with E-state index >= 15 is 0 Å². The Hall–Kier alpha value is -2.57. The highest BCUT2D eigenvalue weighted by Gasteiger charge is 2.29. The van der Waals surface area contributed by atoms with Gasteiger partial charge >= 0.3 is 5.16 Å². The molecule has 0 aliphatic carbocycles. The van der Waals surface area contributed by atoms with Gasteiger partial charge in [0.2, 0.25) is 11.2 Å². The van der Waals surface area contributed by atoms with E-state index in [1.807, 2.05) is 12.1 Å². The van der Waals surface area contributed by atoms with Crippen LogP contribution in [0.3, 0.4) is 0 Å². The average Bonchev–Trinajstić information content (AvgIpc) is 3.40. The highest BCUT2D eigenvalue weighted by molar-refractivity contribution is 7.92. The summed E-state index contributed by atoms with van der Waals surface area (Å²) in [5, 5.41) is 7.82. The van der Waals surface area contributed by atoms with Crippen LogP contribution in [-0.2, 0) is 15.4 Å². The molecule has 1 aromatic heterocycles. The monoisotopic (exact) mass is 449 g/mol. The molecule has 5 nitrogen and oxygen atoms in total. The first-order valence-corrected chi connectivity index (χ1v) is 12.7. The third-order valence-electron chi connectivity index (χ3n) is 5.82. The van der Waals surface area contributed by atoms with Gasteiger partial charge in [-0.25, -0.2) is 0 Å². The minimum absolute atomic E-state index is 0.358. The molecule has 1 aliphatic rings. The predicted molar refractivity (Wildman–Crippen MR) is 135 cm³/mol. The van der Waals surface area contributed by atoms with Crippen molar-refractivity contribution in [3.8, 4) is 22.5 Å². The molecule has 0 spiro atoms. The molecule has 2 aromatic carbocycles. The van der Waals surface area contributed by atoms with Gasteiger partial charge in [-0.3, -0.25) is 9.99 Å². The van der Waals surface area contributed by atoms with E-state index in [4.69, 9.17) is 9.17 Å². The van der Waals surface area contributed by atoms with Gasteiger partial charge in [-0.05, 0) is 33.1 Å². The highest BCUT2D eigenvalue weighted by atomic mass is 32.2. The normalized spacial score (nSPS) is 16.9. The van der Waals surface area contributed by atoms with Crippen LogP contribution in [0, 0.1) is 0 Å². The van der Waals surface area contributed by atoms with Crippen molar-refractivity contribution in [2.24, 2.45) is 5.10 Å². The van der Waals surface area contributed by atoms with Crippen LogP contribution in [0.1, 0.15) is 39.5 Å². The molecule has 2 heterocycles. The number of imidazole rings is 1. The molecule has 1 N–H and O–H groups in total. The second-order valence-corrected chi connectivity index (χ2v) is 10.1. The largest absolute Gasteiger partial charge is 0.359 e. The molecule has 2 unspecified atom stereocenters. The first kappa shape index (κ1) is 22.6. The van der Waals surface area contributed by atoms with E-state index in [0.717, 1.165) is 59.2 Å². The summed E-state index contributed by atoms with van der Waals surface area (Å²) >= 11 is -0.358. The van der Waals surface area contributed by atoms with Gasteiger partial charge in [0.1, 0.15) is 5.69 Å². The Morgan fingerprint density at radius 2 is 1.69 bits per heavy atom. The van der Waals surface area contributed by atoms with E-state index in [0.29, 0.717) is 6.04 Å². The molecule has 3 aromatic rings. The lowest BCUT2D eigenvalue weighted by atomic mass is 10.1. The molecule has 0 radical (unpaired) electrons. The molecular formula is C26H33N4OS+. The van der Waals surface area contributed by atoms with Gasteiger partial charge in [-0.2, -0.15) is 14.3 Å². The summed E-state index contributed by atoms with van der Waals surface area (Å²) in [5.74, 6) is 0.977. The molecule has 0 saturated heterocycles. The highest BCUT2D eigenvalue weighted by Crippen LogP contribution is 2.32. The van der Waals surface area contributed by atoms with Crippen molar-refractivity contribution in [1.82, 2.24) is 15.0 Å². The Morgan fingerprint density at radius 3 is 2.31 bits per heavy atom. The Kier molecular flexibility index (Phi) is 7.66. The van der Waals surface area contributed by atoms with E-state index in [2.05, 4.69) is 77.5 Å². The van der Waals surface area contributed by atoms with Gasteiger partial charge < -0.3 is 0 Å². The zero-order chi connectivity index (χ0) is 22.3. The third-order valence-corrected chi connectivity index (χ3v) is 7.51. The number of aromatic nitrogens is 2. The van der Waals surface area contributed by atoms with Gasteiger partial charge in [-0.15, -0.1) is 0 Å². The molecule has 1 aliphatic heterocycles. The van der Waals surface area contributed by atoms with Gasteiger partial charge in [-0.1, -0.05) is 60.7 Å². The van der Waals surface area contributed by atoms with E-state index in [9.17, 15) is 0 Å². The molecular weight excluding hydrogens is 416 g/mol. The van der Waals surface area contributed by atoms with Crippen molar-refractivity contribution in [3.05, 3.63) is 60.7 Å². The van der Waals surface area contributed by atoms with Crippen LogP contribution in [-0.4, -0.2) is 46.1 Å². The topological polar surface area (TPSA) is 53.5 Å². The van der Waals surface area contributed by atoms with Crippen LogP contribution in [0.2, 0.25) is 0 Å². The molecule has 0 amide bonds. The smallest absolute Gasteiger partial charge is 0.294 e. The number of nitrogens with zero attached hydrogens (tertiary/aromatic N) is 3. The van der Waals surface area contributed by atoms with Crippen LogP contribution >= 0.6 is 0 Å². The summed E-state index contributed by atoms with van der Waals surface area (Å²) in [7, 11) is 1.79. The second kappa shape index (κ2) is 10.8. The fraction of sp³-hybridized carbons (Fsp3) is 0.385. The van der Waals surface area contributed by atoms with Crippen molar-refractivity contribution in [3.63, 3.8) is 0 Å². The van der Waals surface area contributed by atoms with E-state index in [1.54, 1.807) is 7.11 Å². The lowest BCUT2D eigenvalue weighted by molar-refractivity contribution is 0.240. The number of rotatable bonds is 10. The molecule has 32 heavy (non-hydrogen) atoms. The lowest BCUT2D eigenvalue weighted by Crippen LogP contribution is -2.24. The minimum Gasteiger partial charge on any atom is -0.294 e. The van der Waals surface area contributed by atoms with E-state index < -0.39 is 0 Å². The Morgan fingerprint density at radius 1 is 1.00 bits per heavy atom. The van der Waals surface area contributed by atoms with E-state index in [-0.39, 0.29) is 11.2 Å². The van der Waals surface area contributed by atoms with Crippen molar-refractivity contribution < 1.29 is 4.18 Å². The number of hydrogen-bond acceptors (Lipinski definition) is 4. The summed E-state index contributed by atoms with van der Waals surface area (Å²) in [5.41, 5.74) is 5.54. The maximum Gasteiger partial charge on any atom is 0.359 e. The maximum absolute atomic E-state index is 5.89. The van der Waals surface area contributed by atoms with Crippen LogP contribution < -0.4 is 0 Å². The van der Waals surface area contributed by atoms with Crippen molar-refractivity contribution >= 4 is 16.9 Å². The zero-order valence-electron chi connectivity index (χ0n) is 19.3. The first-order valence-electron chi connectivity index (χ1n) is 11.4. The number of unbranched alkanes of at least 4 members (excludes halogenated alkanes) is 2. The zero-order valence-corrected chi connectivity index (χ0v) is 20.1. The fourth-order valence-corrected chi connectivity index (χ4v) is 5.58. The van der Waals surface area contributed by atoms with Crippen LogP contribution in [0.4, 0.5) is 0 Å². The summed E-state index contributed by atoms with van der Waals surface area (Å²) in [6.45, 7) is 5.42. The number of aromatic amines is 1. The van der Waals surface area contributed by atoms with Gasteiger partial charge in [0.15, 0.2) is 5.75 Å². The van der Waals surface area contributed by atoms with Crippen LogP contribution in [0.15, 0.2) is 70.9 Å². The Bertz CT molecular complexity index is 962. The van der Waals surface area contributed by atoms with Gasteiger partial charge in [0.25, 0.3) is 0 Å². The van der Waals surface area contributed by atoms with Crippen molar-refractivity contribution in [2.45, 2.75) is 50.7 Å². The number of benzene rings is 2. The van der Waals surface area contributed by atoms with E-state index in [1.165, 1.54) is 12.1 Å². The van der Waals surface area contributed by atoms with Crippen molar-refractivity contribution in [1.29, 1.82) is 0 Å². The first-order chi connectivity index (χ1) is 15.7. The summed E-state index contributed by atoms with van der Waals surface area (Å²) in [6, 6.07) is 21.3.